The van der Waals surface area contributed by atoms with E-state index in [2.05, 4.69) is 98.9 Å². The van der Waals surface area contributed by atoms with Crippen molar-refractivity contribution in [2.24, 2.45) is 0 Å². The fraction of sp³-hybridized carbons (Fsp3) is 0.818. The Kier molecular flexibility index (Phi) is 80.7. The molecule has 0 aliphatic heterocycles. The standard InChI is InChI=1S/C88H160O5/c1-3-5-7-9-11-13-15-17-19-21-23-25-27-29-31-33-35-37-39-41-43-45-46-48-50-52-54-56-58-60-62-64-66-68-70-72-74-76-78-80-82-87(90)92-85-86(84-89)93-88(91)83-81-79-77-75-73-71-69-67-65-63-61-59-57-55-53-51-49-47-44-42-40-38-36-34-32-30-28-26-24-22-20-18-16-14-12-10-8-6-4-2/h6,8,12,14,18,20,24,26,30,32,36,38,42,44,86,89H,3-5,7,9-11,13,15-17,19,21-23,25,27-29,31,33-35,37,39-41,43,45-85H2,1-2H3/b8-6-,14-12-,20-18-,26-24-,32-30-,38-36-,44-42-. The molecule has 542 valence electrons. The van der Waals surface area contributed by atoms with Crippen LogP contribution >= 0.6 is 0 Å². The minimum absolute atomic E-state index is 0.0619. The summed E-state index contributed by atoms with van der Waals surface area (Å²) < 4.78 is 10.8. The third-order valence-corrected chi connectivity index (χ3v) is 19.0. The van der Waals surface area contributed by atoms with Crippen molar-refractivity contribution in [2.75, 3.05) is 13.2 Å². The SMILES string of the molecule is CC/C=C\C/C=C\C/C=C\C/C=C\C/C=C\C/C=C\C/C=C\CCCCCCCCCCCCCCCCCCCC(=O)OC(CO)COC(=O)CCCCCCCCCCCCCCCCCCCCCCCCCCCCCCCCCCCCCCCCCC. The molecule has 5 heteroatoms. The van der Waals surface area contributed by atoms with Gasteiger partial charge < -0.3 is 14.6 Å². The van der Waals surface area contributed by atoms with Crippen molar-refractivity contribution in [1.82, 2.24) is 0 Å². The Morgan fingerprint density at radius 1 is 0.258 bits per heavy atom. The lowest BCUT2D eigenvalue weighted by atomic mass is 10.0. The van der Waals surface area contributed by atoms with Crippen molar-refractivity contribution < 1.29 is 24.2 Å². The summed E-state index contributed by atoms with van der Waals surface area (Å²) in [6.45, 7) is 4.09. The topological polar surface area (TPSA) is 72.8 Å². The van der Waals surface area contributed by atoms with E-state index in [1.165, 1.54) is 340 Å². The maximum Gasteiger partial charge on any atom is 0.306 e. The first kappa shape index (κ1) is 90.1. The fourth-order valence-electron chi connectivity index (χ4n) is 12.8. The molecule has 0 aromatic carbocycles. The summed E-state index contributed by atoms with van der Waals surface area (Å²) in [5, 5.41) is 9.74. The van der Waals surface area contributed by atoms with Gasteiger partial charge in [0.15, 0.2) is 6.10 Å². The van der Waals surface area contributed by atoms with Crippen LogP contribution in [0.4, 0.5) is 0 Å². The quantitative estimate of drug-likeness (QED) is 0.0373. The molecule has 1 N–H and O–H groups in total. The van der Waals surface area contributed by atoms with E-state index in [9.17, 15) is 14.7 Å². The summed E-state index contributed by atoms with van der Waals surface area (Å²) >= 11 is 0. The highest BCUT2D eigenvalue weighted by Crippen LogP contribution is 2.20. The summed E-state index contributed by atoms with van der Waals surface area (Å²) in [5.74, 6) is -0.568. The van der Waals surface area contributed by atoms with Crippen LogP contribution in [-0.4, -0.2) is 36.4 Å². The third kappa shape index (κ3) is 81.4. The van der Waals surface area contributed by atoms with Crippen LogP contribution in [0.1, 0.15) is 444 Å². The van der Waals surface area contributed by atoms with E-state index in [-0.39, 0.29) is 25.2 Å². The first-order valence-electron chi connectivity index (χ1n) is 41.6. The predicted molar refractivity (Wildman–Crippen MR) is 413 cm³/mol. The lowest BCUT2D eigenvalue weighted by Crippen LogP contribution is -2.28. The number of aliphatic hydroxyl groups is 1. The number of unbranched alkanes of at least 4 members (excludes halogenated alkanes) is 56. The Morgan fingerprint density at radius 2 is 0.462 bits per heavy atom. The van der Waals surface area contributed by atoms with Gasteiger partial charge in [0.05, 0.1) is 6.61 Å². The van der Waals surface area contributed by atoms with Crippen LogP contribution in [0.3, 0.4) is 0 Å². The molecule has 0 aromatic heterocycles. The number of ether oxygens (including phenoxy) is 2. The van der Waals surface area contributed by atoms with Gasteiger partial charge in [0.25, 0.3) is 0 Å². The van der Waals surface area contributed by atoms with Gasteiger partial charge in [0, 0.05) is 12.8 Å². The molecule has 0 amide bonds. The summed E-state index contributed by atoms with van der Waals surface area (Å²) in [5.41, 5.74) is 0. The molecule has 0 aliphatic carbocycles. The van der Waals surface area contributed by atoms with Crippen molar-refractivity contribution in [1.29, 1.82) is 0 Å². The molecule has 93 heavy (non-hydrogen) atoms. The molecule has 0 fully saturated rings. The molecule has 1 unspecified atom stereocenters. The van der Waals surface area contributed by atoms with Gasteiger partial charge in [-0.2, -0.15) is 0 Å². The molecule has 0 saturated carbocycles. The second-order valence-electron chi connectivity index (χ2n) is 28.2. The van der Waals surface area contributed by atoms with Crippen molar-refractivity contribution in [3.8, 4) is 0 Å². The van der Waals surface area contributed by atoms with E-state index in [1.807, 2.05) is 0 Å². The number of carbonyl (C=O) groups excluding carboxylic acids is 2. The number of hydrogen-bond acceptors (Lipinski definition) is 5. The largest absolute Gasteiger partial charge is 0.462 e. The fourth-order valence-corrected chi connectivity index (χ4v) is 12.8. The summed E-state index contributed by atoms with van der Waals surface area (Å²) in [6, 6.07) is 0. The lowest BCUT2D eigenvalue weighted by molar-refractivity contribution is -0.161. The van der Waals surface area contributed by atoms with Gasteiger partial charge in [-0.15, -0.1) is 0 Å². The van der Waals surface area contributed by atoms with Gasteiger partial charge in [-0.3, -0.25) is 9.59 Å². The van der Waals surface area contributed by atoms with E-state index in [4.69, 9.17) is 9.47 Å². The van der Waals surface area contributed by atoms with Crippen molar-refractivity contribution in [3.05, 3.63) is 85.1 Å². The summed E-state index contributed by atoms with van der Waals surface area (Å²) in [7, 11) is 0. The third-order valence-electron chi connectivity index (χ3n) is 19.0. The van der Waals surface area contributed by atoms with Crippen molar-refractivity contribution >= 4 is 11.9 Å². The normalized spacial score (nSPS) is 12.6. The number of carbonyl (C=O) groups is 2. The van der Waals surface area contributed by atoms with Crippen LogP contribution < -0.4 is 0 Å². The van der Waals surface area contributed by atoms with E-state index in [0.29, 0.717) is 12.8 Å². The first-order chi connectivity index (χ1) is 46.1. The van der Waals surface area contributed by atoms with Gasteiger partial charge in [-0.1, -0.05) is 446 Å². The summed E-state index contributed by atoms with van der Waals surface area (Å²) in [4.78, 5) is 24.7. The number of allylic oxidation sites excluding steroid dienone is 14. The molecule has 0 heterocycles. The van der Waals surface area contributed by atoms with Crippen LogP contribution in [0.2, 0.25) is 0 Å². The minimum atomic E-state index is -0.774. The molecular weight excluding hydrogens is 1140 g/mol. The molecule has 1 atom stereocenters. The van der Waals surface area contributed by atoms with Gasteiger partial charge in [-0.05, 0) is 70.6 Å². The molecular formula is C88H160O5. The van der Waals surface area contributed by atoms with Crippen LogP contribution in [0.5, 0.6) is 0 Å². The molecule has 0 saturated heterocycles. The molecule has 0 spiro atoms. The Morgan fingerprint density at radius 3 is 0.699 bits per heavy atom. The van der Waals surface area contributed by atoms with E-state index in [0.717, 1.165) is 77.0 Å². The maximum absolute atomic E-state index is 12.4. The molecule has 0 rings (SSSR count). The van der Waals surface area contributed by atoms with Crippen LogP contribution in [-0.2, 0) is 19.1 Å². The number of esters is 2. The monoisotopic (exact) mass is 1300 g/mol. The Labute approximate surface area is 581 Å². The van der Waals surface area contributed by atoms with Gasteiger partial charge in [0.2, 0.25) is 0 Å². The van der Waals surface area contributed by atoms with E-state index in [1.54, 1.807) is 0 Å². The average molecular weight is 1300 g/mol. The molecule has 0 aromatic rings. The number of aliphatic hydroxyl groups excluding tert-OH is 1. The highest BCUT2D eigenvalue weighted by Gasteiger charge is 2.16. The zero-order chi connectivity index (χ0) is 66.8. The number of rotatable bonds is 78. The second-order valence-corrected chi connectivity index (χ2v) is 28.2. The zero-order valence-corrected chi connectivity index (χ0v) is 62.5. The van der Waals surface area contributed by atoms with Crippen molar-refractivity contribution in [2.45, 2.75) is 450 Å². The van der Waals surface area contributed by atoms with Gasteiger partial charge in [-0.25, -0.2) is 0 Å². The minimum Gasteiger partial charge on any atom is -0.462 e. The Balaban J connectivity index is 3.39. The zero-order valence-electron chi connectivity index (χ0n) is 62.5. The first-order valence-corrected chi connectivity index (χ1v) is 41.6. The Hall–Kier alpha value is -2.92. The second kappa shape index (κ2) is 83.3. The van der Waals surface area contributed by atoms with Crippen LogP contribution in [0, 0.1) is 0 Å². The van der Waals surface area contributed by atoms with E-state index < -0.39 is 6.10 Å². The highest BCUT2D eigenvalue weighted by molar-refractivity contribution is 5.70. The van der Waals surface area contributed by atoms with Gasteiger partial charge >= 0.3 is 11.9 Å². The van der Waals surface area contributed by atoms with Crippen LogP contribution in [0.25, 0.3) is 0 Å². The predicted octanol–water partition coefficient (Wildman–Crippen LogP) is 29.5. The lowest BCUT2D eigenvalue weighted by Gasteiger charge is -2.15. The smallest absolute Gasteiger partial charge is 0.306 e. The molecule has 0 bridgehead atoms. The molecule has 0 radical (unpaired) electrons. The molecule has 0 aliphatic rings. The highest BCUT2D eigenvalue weighted by atomic mass is 16.6. The van der Waals surface area contributed by atoms with Gasteiger partial charge in [0.1, 0.15) is 6.61 Å². The number of hydrogen-bond donors (Lipinski definition) is 1. The average Bonchev–Trinajstić information content (AvgIpc) is 3.62. The molecule has 5 nitrogen and oxygen atoms in total. The Bertz CT molecular complexity index is 1670. The maximum atomic E-state index is 12.4. The summed E-state index contributed by atoms with van der Waals surface area (Å²) in [6.07, 6.45) is 118. The van der Waals surface area contributed by atoms with Crippen LogP contribution in [0.15, 0.2) is 85.1 Å². The van der Waals surface area contributed by atoms with E-state index >= 15 is 0 Å². The van der Waals surface area contributed by atoms with Crippen molar-refractivity contribution in [3.63, 3.8) is 0 Å².